The van der Waals surface area contributed by atoms with E-state index in [4.69, 9.17) is 0 Å². The monoisotopic (exact) mass is 333 g/mol. The number of thiophene rings is 2. The Morgan fingerprint density at radius 3 is 2.27 bits per heavy atom. The molecule has 2 N–H and O–H groups in total. The topological polar surface area (TPSA) is 44.4 Å². The van der Waals surface area contributed by atoms with E-state index < -0.39 is 0 Å². The van der Waals surface area contributed by atoms with Gasteiger partial charge in [0.15, 0.2) is 0 Å². The molecule has 0 aromatic carbocycles. The quantitative estimate of drug-likeness (QED) is 0.907. The third-order valence-corrected chi connectivity index (χ3v) is 6.69. The lowest BCUT2D eigenvalue weighted by Crippen LogP contribution is -2.44. The number of nitrogens with one attached hydrogen (secondary N) is 2. The van der Waals surface area contributed by atoms with Crippen molar-refractivity contribution in [1.29, 1.82) is 0 Å². The molecule has 0 spiro atoms. The van der Waals surface area contributed by atoms with Crippen molar-refractivity contribution in [2.45, 2.75) is 24.4 Å². The van der Waals surface area contributed by atoms with Crippen LogP contribution >= 0.6 is 22.7 Å². The molecule has 2 aromatic heterocycles. The summed E-state index contributed by atoms with van der Waals surface area (Å²) in [5, 5.41) is 10.9. The fraction of sp³-hybridized carbons (Fsp3) is 0.438. The van der Waals surface area contributed by atoms with Gasteiger partial charge in [0.2, 0.25) is 0 Å². The molecule has 0 atom stereocenters. The Labute approximate surface area is 138 Å². The zero-order chi connectivity index (χ0) is 15.0. The van der Waals surface area contributed by atoms with E-state index in [0.717, 1.165) is 32.5 Å². The van der Waals surface area contributed by atoms with Crippen molar-refractivity contribution in [1.82, 2.24) is 15.5 Å². The van der Waals surface area contributed by atoms with Crippen molar-refractivity contribution < 1.29 is 4.79 Å². The normalized spacial score (nSPS) is 22.0. The standard InChI is InChI=1S/C16H19N3OS2/c20-15-18-16(13-3-1-9-21-13,14-4-2-10-22-14)11-19(15)12-5-7-17-8-6-12/h1-4,9-10,12,17H,5-8,11H2,(H,18,20). The van der Waals surface area contributed by atoms with Gasteiger partial charge in [-0.2, -0.15) is 0 Å². The van der Waals surface area contributed by atoms with Gasteiger partial charge in [-0.05, 0) is 48.8 Å². The summed E-state index contributed by atoms with van der Waals surface area (Å²) >= 11 is 3.44. The van der Waals surface area contributed by atoms with Crippen molar-refractivity contribution in [3.63, 3.8) is 0 Å². The van der Waals surface area contributed by atoms with E-state index in [1.807, 2.05) is 0 Å². The van der Waals surface area contributed by atoms with Crippen LogP contribution in [0.4, 0.5) is 4.79 Å². The number of amides is 2. The second kappa shape index (κ2) is 5.68. The minimum atomic E-state index is -0.371. The lowest BCUT2D eigenvalue weighted by molar-refractivity contribution is 0.180. The summed E-state index contributed by atoms with van der Waals surface area (Å²) in [4.78, 5) is 17.2. The van der Waals surface area contributed by atoms with Crippen molar-refractivity contribution in [2.75, 3.05) is 19.6 Å². The van der Waals surface area contributed by atoms with E-state index >= 15 is 0 Å². The van der Waals surface area contributed by atoms with Gasteiger partial charge >= 0.3 is 6.03 Å². The maximum absolute atomic E-state index is 12.7. The highest BCUT2D eigenvalue weighted by molar-refractivity contribution is 7.11. The number of urea groups is 1. The van der Waals surface area contributed by atoms with Crippen LogP contribution in [0.25, 0.3) is 0 Å². The average molecular weight is 333 g/mol. The van der Waals surface area contributed by atoms with Gasteiger partial charge < -0.3 is 15.5 Å². The second-order valence-corrected chi connectivity index (χ2v) is 7.79. The van der Waals surface area contributed by atoms with Crippen LogP contribution in [0.3, 0.4) is 0 Å². The van der Waals surface area contributed by atoms with Gasteiger partial charge in [-0.25, -0.2) is 4.79 Å². The molecule has 4 heterocycles. The van der Waals surface area contributed by atoms with Crippen molar-refractivity contribution in [3.8, 4) is 0 Å². The van der Waals surface area contributed by atoms with Gasteiger partial charge in [-0.15, -0.1) is 22.7 Å². The molecule has 0 unspecified atom stereocenters. The number of nitrogens with zero attached hydrogens (tertiary/aromatic N) is 1. The van der Waals surface area contributed by atoms with E-state index in [1.54, 1.807) is 22.7 Å². The molecule has 4 rings (SSSR count). The first-order valence-electron chi connectivity index (χ1n) is 7.67. The van der Waals surface area contributed by atoms with Crippen LogP contribution in [0.15, 0.2) is 35.0 Å². The van der Waals surface area contributed by atoms with E-state index in [9.17, 15) is 4.79 Å². The Bertz CT molecular complexity index is 598. The summed E-state index contributed by atoms with van der Waals surface area (Å²) in [5.41, 5.74) is -0.371. The highest BCUT2D eigenvalue weighted by Gasteiger charge is 2.48. The highest BCUT2D eigenvalue weighted by atomic mass is 32.1. The van der Waals surface area contributed by atoms with Crippen LogP contribution in [-0.4, -0.2) is 36.6 Å². The van der Waals surface area contributed by atoms with Crippen molar-refractivity contribution in [3.05, 3.63) is 44.8 Å². The molecule has 0 bridgehead atoms. The van der Waals surface area contributed by atoms with Gasteiger partial charge in [-0.1, -0.05) is 12.1 Å². The molecular weight excluding hydrogens is 314 g/mol. The maximum atomic E-state index is 12.7. The van der Waals surface area contributed by atoms with Gasteiger partial charge in [0.05, 0.1) is 6.54 Å². The van der Waals surface area contributed by atoms with E-state index in [-0.39, 0.29) is 11.6 Å². The summed E-state index contributed by atoms with van der Waals surface area (Å²) < 4.78 is 0. The Morgan fingerprint density at radius 2 is 1.73 bits per heavy atom. The van der Waals surface area contributed by atoms with Crippen LogP contribution in [0.5, 0.6) is 0 Å². The molecule has 2 fully saturated rings. The summed E-state index contributed by atoms with van der Waals surface area (Å²) in [6.45, 7) is 2.73. The minimum absolute atomic E-state index is 0.0775. The lowest BCUT2D eigenvalue weighted by atomic mass is 9.95. The van der Waals surface area contributed by atoms with Crippen molar-refractivity contribution >= 4 is 28.7 Å². The number of carbonyl (C=O) groups excluding carboxylic acids is 1. The van der Waals surface area contributed by atoms with Gasteiger partial charge in [0.1, 0.15) is 5.54 Å². The smallest absolute Gasteiger partial charge is 0.318 e. The lowest BCUT2D eigenvalue weighted by Gasteiger charge is -2.32. The van der Waals surface area contributed by atoms with Crippen LogP contribution in [0, 0.1) is 0 Å². The molecular formula is C16H19N3OS2. The van der Waals surface area contributed by atoms with Crippen LogP contribution in [0.1, 0.15) is 22.6 Å². The molecule has 0 aliphatic carbocycles. The number of rotatable bonds is 3. The Hall–Kier alpha value is -1.37. The van der Waals surface area contributed by atoms with Crippen LogP contribution in [-0.2, 0) is 5.54 Å². The molecule has 2 aliphatic rings. The van der Waals surface area contributed by atoms with Gasteiger partial charge in [-0.3, -0.25) is 0 Å². The summed E-state index contributed by atoms with van der Waals surface area (Å²) in [6, 6.07) is 8.83. The molecule has 0 radical (unpaired) electrons. The fourth-order valence-corrected chi connectivity index (χ4v) is 5.32. The average Bonchev–Trinajstić information content (AvgIpc) is 3.29. The molecule has 0 saturated carbocycles. The van der Waals surface area contributed by atoms with E-state index in [2.05, 4.69) is 50.6 Å². The van der Waals surface area contributed by atoms with Crippen molar-refractivity contribution in [2.24, 2.45) is 0 Å². The number of hydrogen-bond donors (Lipinski definition) is 2. The molecule has 6 heteroatoms. The third-order valence-electron chi connectivity index (χ3n) is 4.62. The summed E-state index contributed by atoms with van der Waals surface area (Å²) in [5.74, 6) is 0. The second-order valence-electron chi connectivity index (χ2n) is 5.90. The molecule has 2 saturated heterocycles. The zero-order valence-electron chi connectivity index (χ0n) is 12.2. The molecule has 2 amide bonds. The molecule has 116 valence electrons. The van der Waals surface area contributed by atoms with Gasteiger partial charge in [0, 0.05) is 15.8 Å². The number of carbonyl (C=O) groups is 1. The van der Waals surface area contributed by atoms with E-state index in [1.165, 1.54) is 9.75 Å². The molecule has 4 nitrogen and oxygen atoms in total. The predicted octanol–water partition coefficient (Wildman–Crippen LogP) is 2.83. The first-order valence-corrected chi connectivity index (χ1v) is 9.43. The Balaban J connectivity index is 1.70. The first kappa shape index (κ1) is 14.2. The van der Waals surface area contributed by atoms with E-state index in [0.29, 0.717) is 6.04 Å². The minimum Gasteiger partial charge on any atom is -0.321 e. The Kier molecular flexibility index (Phi) is 3.68. The summed E-state index contributed by atoms with van der Waals surface area (Å²) in [7, 11) is 0. The third kappa shape index (κ3) is 2.26. The molecule has 2 aliphatic heterocycles. The largest absolute Gasteiger partial charge is 0.321 e. The first-order chi connectivity index (χ1) is 10.8. The fourth-order valence-electron chi connectivity index (χ4n) is 3.48. The van der Waals surface area contributed by atoms with Crippen LogP contribution in [0.2, 0.25) is 0 Å². The van der Waals surface area contributed by atoms with Gasteiger partial charge in [0.25, 0.3) is 0 Å². The molecule has 22 heavy (non-hydrogen) atoms. The SMILES string of the molecule is O=C1NC(c2cccs2)(c2cccs2)CN1C1CCNCC1. The summed E-state index contributed by atoms with van der Waals surface area (Å²) in [6.07, 6.45) is 2.08. The predicted molar refractivity (Wildman–Crippen MR) is 90.5 cm³/mol. The zero-order valence-corrected chi connectivity index (χ0v) is 13.9. The maximum Gasteiger partial charge on any atom is 0.318 e. The Morgan fingerprint density at radius 1 is 1.09 bits per heavy atom. The van der Waals surface area contributed by atoms with Crippen LogP contribution < -0.4 is 10.6 Å². The number of hydrogen-bond acceptors (Lipinski definition) is 4. The molecule has 2 aromatic rings. The number of piperidine rings is 1. The highest BCUT2D eigenvalue weighted by Crippen LogP contribution is 2.40.